The minimum absolute atomic E-state index is 0.000715. The molecule has 1 amide bonds. The largest absolute Gasteiger partial charge is 0.452 e. The Hall–Kier alpha value is -3.13. The fraction of sp³-hybridized carbons (Fsp3) is 0.263. The van der Waals surface area contributed by atoms with Gasteiger partial charge in [-0.2, -0.15) is 0 Å². The number of anilines is 2. The summed E-state index contributed by atoms with van der Waals surface area (Å²) in [5.41, 5.74) is 1.49. The van der Waals surface area contributed by atoms with Crippen LogP contribution in [-0.2, 0) is 9.53 Å². The quantitative estimate of drug-likeness (QED) is 0.411. The van der Waals surface area contributed by atoms with Crippen molar-refractivity contribution >= 4 is 40.5 Å². The number of nitrogens with one attached hydrogen (secondary N) is 2. The Balaban J connectivity index is 1.60. The molecule has 0 unspecified atom stereocenters. The van der Waals surface area contributed by atoms with E-state index in [-0.39, 0.29) is 17.3 Å². The first kappa shape index (κ1) is 19.6. The zero-order valence-corrected chi connectivity index (χ0v) is 15.8. The van der Waals surface area contributed by atoms with E-state index in [1.54, 1.807) is 18.2 Å². The summed E-state index contributed by atoms with van der Waals surface area (Å²) in [6.45, 7) is 1.31. The fourth-order valence-corrected chi connectivity index (χ4v) is 2.64. The molecule has 0 spiro atoms. The highest BCUT2D eigenvalue weighted by Crippen LogP contribution is 2.31. The number of carbonyl (C=O) groups excluding carboxylic acids is 2. The van der Waals surface area contributed by atoms with Crippen LogP contribution in [0.25, 0.3) is 0 Å². The van der Waals surface area contributed by atoms with Gasteiger partial charge in [-0.1, -0.05) is 17.7 Å². The first-order valence-corrected chi connectivity index (χ1v) is 8.99. The number of aryl methyl sites for hydroxylation is 1. The van der Waals surface area contributed by atoms with Crippen molar-refractivity contribution in [1.82, 2.24) is 0 Å². The lowest BCUT2D eigenvalue weighted by Gasteiger charge is -2.09. The van der Waals surface area contributed by atoms with Gasteiger partial charge in [-0.3, -0.25) is 14.9 Å². The van der Waals surface area contributed by atoms with Crippen LogP contribution in [-0.4, -0.2) is 29.4 Å². The summed E-state index contributed by atoms with van der Waals surface area (Å²) in [6, 6.07) is 9.29. The number of nitro benzene ring substituents is 1. The van der Waals surface area contributed by atoms with Gasteiger partial charge in [0, 0.05) is 22.8 Å². The smallest absolute Gasteiger partial charge is 0.338 e. The molecule has 0 aliphatic heterocycles. The highest BCUT2D eigenvalue weighted by atomic mass is 35.5. The summed E-state index contributed by atoms with van der Waals surface area (Å²) in [5, 5.41) is 17.4. The van der Waals surface area contributed by atoms with E-state index in [0.29, 0.717) is 16.4 Å². The van der Waals surface area contributed by atoms with Crippen molar-refractivity contribution in [3.63, 3.8) is 0 Å². The second kappa shape index (κ2) is 8.26. The molecule has 0 saturated heterocycles. The molecule has 1 fully saturated rings. The number of ether oxygens (including phenoxy) is 1. The Bertz CT molecular complexity index is 943. The van der Waals surface area contributed by atoms with Crippen molar-refractivity contribution in [1.29, 1.82) is 0 Å². The highest BCUT2D eigenvalue weighted by Gasteiger charge is 2.26. The number of amides is 1. The minimum atomic E-state index is -0.821. The van der Waals surface area contributed by atoms with Crippen LogP contribution in [0.4, 0.5) is 17.1 Å². The van der Waals surface area contributed by atoms with Gasteiger partial charge in [0.05, 0.1) is 10.5 Å². The van der Waals surface area contributed by atoms with Crippen LogP contribution in [0.3, 0.4) is 0 Å². The van der Waals surface area contributed by atoms with Gasteiger partial charge in [-0.15, -0.1) is 0 Å². The van der Waals surface area contributed by atoms with E-state index < -0.39 is 23.4 Å². The Kier molecular flexibility index (Phi) is 5.79. The third-order valence-corrected chi connectivity index (χ3v) is 4.56. The second-order valence-corrected chi connectivity index (χ2v) is 6.90. The summed E-state index contributed by atoms with van der Waals surface area (Å²) in [4.78, 5) is 34.8. The molecule has 0 heterocycles. The molecule has 0 bridgehead atoms. The Morgan fingerprint density at radius 2 is 2.00 bits per heavy atom. The number of carbonyl (C=O) groups is 2. The standard InChI is InChI=1S/C19H18ClN3O5/c1-11-2-4-14(9-15(11)20)22-18(24)10-28-19(25)12-3-7-16(21-13-5-6-13)17(8-12)23(26)27/h2-4,7-9,13,21H,5-6,10H2,1H3,(H,22,24). The molecule has 0 atom stereocenters. The lowest BCUT2D eigenvalue weighted by molar-refractivity contribution is -0.384. The van der Waals surface area contributed by atoms with Crippen molar-refractivity contribution in [3.05, 3.63) is 62.7 Å². The molecule has 2 N–H and O–H groups in total. The first-order chi connectivity index (χ1) is 13.3. The number of esters is 1. The molecule has 8 nitrogen and oxygen atoms in total. The fourth-order valence-electron chi connectivity index (χ4n) is 2.46. The van der Waals surface area contributed by atoms with Crippen molar-refractivity contribution in [2.45, 2.75) is 25.8 Å². The maximum atomic E-state index is 12.2. The number of benzene rings is 2. The number of nitro groups is 1. The van der Waals surface area contributed by atoms with Crippen LogP contribution >= 0.6 is 11.6 Å². The second-order valence-electron chi connectivity index (χ2n) is 6.50. The summed E-state index contributed by atoms with van der Waals surface area (Å²) in [6.07, 6.45) is 1.92. The van der Waals surface area contributed by atoms with Crippen molar-refractivity contribution in [3.8, 4) is 0 Å². The van der Waals surface area contributed by atoms with Crippen molar-refractivity contribution < 1.29 is 19.2 Å². The van der Waals surface area contributed by atoms with Crippen LogP contribution in [0, 0.1) is 17.0 Å². The summed E-state index contributed by atoms with van der Waals surface area (Å²) >= 11 is 6.00. The first-order valence-electron chi connectivity index (χ1n) is 8.61. The number of halogens is 1. The van der Waals surface area contributed by atoms with Gasteiger partial charge in [0.1, 0.15) is 5.69 Å². The van der Waals surface area contributed by atoms with E-state index in [2.05, 4.69) is 10.6 Å². The van der Waals surface area contributed by atoms with Gasteiger partial charge in [0.15, 0.2) is 6.61 Å². The molecule has 0 radical (unpaired) electrons. The summed E-state index contributed by atoms with van der Waals surface area (Å²) in [5.74, 6) is -1.37. The van der Waals surface area contributed by atoms with Crippen molar-refractivity contribution in [2.24, 2.45) is 0 Å². The van der Waals surface area contributed by atoms with E-state index in [1.807, 2.05) is 6.92 Å². The van der Waals surface area contributed by atoms with E-state index in [1.165, 1.54) is 12.1 Å². The van der Waals surface area contributed by atoms with Crippen LogP contribution in [0.15, 0.2) is 36.4 Å². The molecular weight excluding hydrogens is 386 g/mol. The predicted octanol–water partition coefficient (Wildman–Crippen LogP) is 3.93. The number of hydrogen-bond donors (Lipinski definition) is 2. The summed E-state index contributed by atoms with van der Waals surface area (Å²) < 4.78 is 4.96. The molecule has 2 aromatic carbocycles. The van der Waals surface area contributed by atoms with E-state index in [4.69, 9.17) is 16.3 Å². The third kappa shape index (κ3) is 4.98. The van der Waals surface area contributed by atoms with Gasteiger partial charge in [0.25, 0.3) is 11.6 Å². The van der Waals surface area contributed by atoms with Gasteiger partial charge in [-0.25, -0.2) is 4.79 Å². The Morgan fingerprint density at radius 3 is 2.64 bits per heavy atom. The van der Waals surface area contributed by atoms with Gasteiger partial charge in [-0.05, 0) is 49.6 Å². The van der Waals surface area contributed by atoms with E-state index in [9.17, 15) is 19.7 Å². The SMILES string of the molecule is Cc1ccc(NC(=O)COC(=O)c2ccc(NC3CC3)c([N+](=O)[O-])c2)cc1Cl. The maximum Gasteiger partial charge on any atom is 0.338 e. The normalized spacial score (nSPS) is 12.9. The lowest BCUT2D eigenvalue weighted by Crippen LogP contribution is -2.21. The number of hydrogen-bond acceptors (Lipinski definition) is 6. The lowest BCUT2D eigenvalue weighted by atomic mass is 10.1. The molecule has 1 aliphatic carbocycles. The number of nitrogens with zero attached hydrogens (tertiary/aromatic N) is 1. The molecule has 1 saturated carbocycles. The molecule has 28 heavy (non-hydrogen) atoms. The molecule has 146 valence electrons. The predicted molar refractivity (Wildman–Crippen MR) is 105 cm³/mol. The maximum absolute atomic E-state index is 12.2. The average Bonchev–Trinajstić information content (AvgIpc) is 3.47. The molecule has 2 aromatic rings. The minimum Gasteiger partial charge on any atom is -0.452 e. The third-order valence-electron chi connectivity index (χ3n) is 4.16. The van der Waals surface area contributed by atoms with Gasteiger partial charge < -0.3 is 15.4 Å². The van der Waals surface area contributed by atoms with Crippen LogP contribution in [0.2, 0.25) is 5.02 Å². The van der Waals surface area contributed by atoms with Gasteiger partial charge in [0.2, 0.25) is 0 Å². The Labute approximate surface area is 166 Å². The van der Waals surface area contributed by atoms with Crippen LogP contribution < -0.4 is 10.6 Å². The Morgan fingerprint density at radius 1 is 1.25 bits per heavy atom. The zero-order valence-electron chi connectivity index (χ0n) is 15.0. The molecular formula is C19H18ClN3O5. The number of rotatable bonds is 7. The molecule has 9 heteroatoms. The van der Waals surface area contributed by atoms with Crippen LogP contribution in [0.5, 0.6) is 0 Å². The summed E-state index contributed by atoms with van der Waals surface area (Å²) in [7, 11) is 0. The molecule has 0 aromatic heterocycles. The van der Waals surface area contributed by atoms with Crippen molar-refractivity contribution in [2.75, 3.05) is 17.2 Å². The average molecular weight is 404 g/mol. The topological polar surface area (TPSA) is 111 Å². The van der Waals surface area contributed by atoms with Gasteiger partial charge >= 0.3 is 5.97 Å². The zero-order chi connectivity index (χ0) is 20.3. The molecule has 3 rings (SSSR count). The van der Waals surface area contributed by atoms with E-state index in [0.717, 1.165) is 24.5 Å². The van der Waals surface area contributed by atoms with Crippen LogP contribution in [0.1, 0.15) is 28.8 Å². The highest BCUT2D eigenvalue weighted by molar-refractivity contribution is 6.31. The van der Waals surface area contributed by atoms with E-state index >= 15 is 0 Å². The monoisotopic (exact) mass is 403 g/mol. The molecule has 1 aliphatic rings.